The quantitative estimate of drug-likeness (QED) is 0.661. The fourth-order valence-electron chi connectivity index (χ4n) is 3.28. The van der Waals surface area contributed by atoms with E-state index < -0.39 is 0 Å². The normalized spacial score (nSPS) is 42.5. The predicted molar refractivity (Wildman–Crippen MR) is 54.5 cm³/mol. The van der Waals surface area contributed by atoms with Crippen LogP contribution in [0.3, 0.4) is 0 Å². The summed E-state index contributed by atoms with van der Waals surface area (Å²) in [4.78, 5) is 0. The van der Waals surface area contributed by atoms with E-state index in [1.54, 1.807) is 0 Å². The van der Waals surface area contributed by atoms with Gasteiger partial charge in [-0.3, -0.25) is 0 Å². The van der Waals surface area contributed by atoms with Gasteiger partial charge in [-0.2, -0.15) is 0 Å². The van der Waals surface area contributed by atoms with Gasteiger partial charge in [0.25, 0.3) is 0 Å². The van der Waals surface area contributed by atoms with E-state index in [2.05, 4.69) is 6.92 Å². The first-order chi connectivity index (χ1) is 6.27. The van der Waals surface area contributed by atoms with Crippen LogP contribution in [0.4, 0.5) is 0 Å². The molecule has 2 rings (SSSR count). The second-order valence-corrected chi connectivity index (χ2v) is 5.16. The topological polar surface area (TPSA) is 20.2 Å². The van der Waals surface area contributed by atoms with Crippen molar-refractivity contribution < 1.29 is 5.11 Å². The minimum atomic E-state index is -0.00217. The third kappa shape index (κ3) is 2.07. The van der Waals surface area contributed by atoms with Crippen molar-refractivity contribution in [1.82, 2.24) is 0 Å². The Kier molecular flexibility index (Phi) is 2.92. The van der Waals surface area contributed by atoms with Crippen molar-refractivity contribution in [3.8, 4) is 0 Å². The lowest BCUT2D eigenvalue weighted by Gasteiger charge is -2.34. The van der Waals surface area contributed by atoms with Crippen LogP contribution in [0.2, 0.25) is 0 Å². The Hall–Kier alpha value is -0.0400. The van der Waals surface area contributed by atoms with Gasteiger partial charge < -0.3 is 5.11 Å². The van der Waals surface area contributed by atoms with Crippen molar-refractivity contribution >= 4 is 0 Å². The maximum atomic E-state index is 9.64. The zero-order chi connectivity index (χ0) is 9.26. The van der Waals surface area contributed by atoms with Crippen molar-refractivity contribution in [2.45, 2.75) is 58.0 Å². The molecule has 0 spiro atoms. The van der Waals surface area contributed by atoms with Gasteiger partial charge in [-0.05, 0) is 37.0 Å². The van der Waals surface area contributed by atoms with Crippen molar-refractivity contribution in [2.24, 2.45) is 17.8 Å². The van der Waals surface area contributed by atoms with E-state index in [0.717, 1.165) is 18.3 Å². The Morgan fingerprint density at radius 1 is 0.923 bits per heavy atom. The van der Waals surface area contributed by atoms with Crippen LogP contribution >= 0.6 is 0 Å². The summed E-state index contributed by atoms with van der Waals surface area (Å²) in [6, 6.07) is 0. The summed E-state index contributed by atoms with van der Waals surface area (Å²) in [6.07, 6.45) is 9.47. The van der Waals surface area contributed by atoms with Crippen LogP contribution in [-0.2, 0) is 0 Å². The zero-order valence-corrected chi connectivity index (χ0v) is 8.71. The molecule has 0 heterocycles. The fraction of sp³-hybridized carbons (Fsp3) is 1.00. The molecule has 0 amide bonds. The van der Waals surface area contributed by atoms with E-state index >= 15 is 0 Å². The number of hydrogen-bond acceptors (Lipinski definition) is 1. The lowest BCUT2D eigenvalue weighted by atomic mass is 9.74. The highest BCUT2D eigenvalue weighted by Crippen LogP contribution is 2.40. The Morgan fingerprint density at radius 3 is 2.23 bits per heavy atom. The highest BCUT2D eigenvalue weighted by molar-refractivity contribution is 4.83. The molecule has 0 saturated heterocycles. The summed E-state index contributed by atoms with van der Waals surface area (Å²) in [5.41, 5.74) is 0. The summed E-state index contributed by atoms with van der Waals surface area (Å²) < 4.78 is 0. The molecule has 0 aromatic heterocycles. The maximum Gasteiger partial charge on any atom is 0.0566 e. The predicted octanol–water partition coefficient (Wildman–Crippen LogP) is 2.97. The van der Waals surface area contributed by atoms with Gasteiger partial charge in [0, 0.05) is 0 Å². The first-order valence-corrected chi connectivity index (χ1v) is 5.95. The monoisotopic (exact) mass is 182 g/mol. The Bertz CT molecular complexity index is 161. The third-order valence-electron chi connectivity index (χ3n) is 4.23. The maximum absolute atomic E-state index is 9.64. The number of aliphatic hydroxyl groups is 1. The summed E-state index contributed by atoms with van der Waals surface area (Å²) in [6.45, 7) is 2.21. The first-order valence-electron chi connectivity index (χ1n) is 5.95. The minimum Gasteiger partial charge on any atom is -0.393 e. The van der Waals surface area contributed by atoms with Gasteiger partial charge in [-0.25, -0.2) is 0 Å². The highest BCUT2D eigenvalue weighted by atomic mass is 16.3. The molecule has 2 aliphatic carbocycles. The summed E-state index contributed by atoms with van der Waals surface area (Å²) in [5.74, 6) is 2.51. The SMILES string of the molecule is CC1CC(C2CCCC2)CCC1O. The molecule has 1 nitrogen and oxygen atoms in total. The molecule has 1 heteroatoms. The van der Waals surface area contributed by atoms with Gasteiger partial charge in [-0.1, -0.05) is 32.6 Å². The minimum absolute atomic E-state index is 0.00217. The zero-order valence-electron chi connectivity index (χ0n) is 8.71. The Balaban J connectivity index is 1.87. The van der Waals surface area contributed by atoms with Crippen LogP contribution in [0.1, 0.15) is 51.9 Å². The van der Waals surface area contributed by atoms with E-state index in [1.165, 1.54) is 38.5 Å². The molecular formula is C12H22O. The molecule has 2 fully saturated rings. The third-order valence-corrected chi connectivity index (χ3v) is 4.23. The average Bonchev–Trinajstić information content (AvgIpc) is 2.62. The second-order valence-electron chi connectivity index (χ2n) is 5.16. The lowest BCUT2D eigenvalue weighted by molar-refractivity contribution is 0.0429. The second kappa shape index (κ2) is 4.00. The number of hydrogen-bond donors (Lipinski definition) is 1. The molecule has 1 N–H and O–H groups in total. The molecule has 0 aliphatic heterocycles. The molecule has 76 valence electrons. The summed E-state index contributed by atoms with van der Waals surface area (Å²) in [5, 5.41) is 9.64. The smallest absolute Gasteiger partial charge is 0.0566 e. The van der Waals surface area contributed by atoms with Crippen LogP contribution in [0.15, 0.2) is 0 Å². The molecular weight excluding hydrogens is 160 g/mol. The summed E-state index contributed by atoms with van der Waals surface area (Å²) in [7, 11) is 0. The first kappa shape index (κ1) is 9.51. The standard InChI is InChI=1S/C12H22O/c1-9-8-11(6-7-12(9)13)10-4-2-3-5-10/h9-13H,2-8H2,1H3. The largest absolute Gasteiger partial charge is 0.393 e. The van der Waals surface area contributed by atoms with Crippen LogP contribution in [0.25, 0.3) is 0 Å². The van der Waals surface area contributed by atoms with Gasteiger partial charge in [0.1, 0.15) is 0 Å². The molecule has 2 aliphatic rings. The fourth-order valence-corrected chi connectivity index (χ4v) is 3.28. The molecule has 0 bridgehead atoms. The van der Waals surface area contributed by atoms with Gasteiger partial charge >= 0.3 is 0 Å². The van der Waals surface area contributed by atoms with E-state index in [9.17, 15) is 5.11 Å². The number of aliphatic hydroxyl groups excluding tert-OH is 1. The van der Waals surface area contributed by atoms with Gasteiger partial charge in [-0.15, -0.1) is 0 Å². The van der Waals surface area contributed by atoms with Crippen molar-refractivity contribution in [2.75, 3.05) is 0 Å². The van der Waals surface area contributed by atoms with Crippen LogP contribution in [0.5, 0.6) is 0 Å². The van der Waals surface area contributed by atoms with Crippen LogP contribution < -0.4 is 0 Å². The van der Waals surface area contributed by atoms with E-state index in [1.807, 2.05) is 0 Å². The van der Waals surface area contributed by atoms with E-state index in [0.29, 0.717) is 5.92 Å². The van der Waals surface area contributed by atoms with Gasteiger partial charge in [0.2, 0.25) is 0 Å². The van der Waals surface area contributed by atoms with Gasteiger partial charge in [0.15, 0.2) is 0 Å². The molecule has 0 aromatic carbocycles. The Morgan fingerprint density at radius 2 is 1.62 bits per heavy atom. The van der Waals surface area contributed by atoms with Crippen LogP contribution in [-0.4, -0.2) is 11.2 Å². The van der Waals surface area contributed by atoms with Crippen LogP contribution in [0, 0.1) is 17.8 Å². The molecule has 2 saturated carbocycles. The average molecular weight is 182 g/mol. The molecule has 0 aromatic rings. The molecule has 0 radical (unpaired) electrons. The van der Waals surface area contributed by atoms with Crippen molar-refractivity contribution in [1.29, 1.82) is 0 Å². The van der Waals surface area contributed by atoms with E-state index in [4.69, 9.17) is 0 Å². The molecule has 3 atom stereocenters. The number of rotatable bonds is 1. The molecule has 13 heavy (non-hydrogen) atoms. The highest BCUT2D eigenvalue weighted by Gasteiger charge is 2.32. The Labute approximate surface area is 81.5 Å². The van der Waals surface area contributed by atoms with Crippen molar-refractivity contribution in [3.05, 3.63) is 0 Å². The molecule has 3 unspecified atom stereocenters. The lowest BCUT2D eigenvalue weighted by Crippen LogP contribution is -2.29. The van der Waals surface area contributed by atoms with Crippen molar-refractivity contribution in [3.63, 3.8) is 0 Å². The van der Waals surface area contributed by atoms with E-state index in [-0.39, 0.29) is 6.10 Å². The van der Waals surface area contributed by atoms with Gasteiger partial charge in [0.05, 0.1) is 6.10 Å². The summed E-state index contributed by atoms with van der Waals surface area (Å²) >= 11 is 0.